The van der Waals surface area contributed by atoms with Crippen molar-refractivity contribution in [3.8, 4) is 0 Å². The van der Waals surface area contributed by atoms with Gasteiger partial charge in [0.15, 0.2) is 0 Å². The van der Waals surface area contributed by atoms with E-state index in [1.807, 2.05) is 0 Å². The van der Waals surface area contributed by atoms with E-state index in [2.05, 4.69) is 4.72 Å². The number of aryl methyl sites for hydroxylation is 2. The molecule has 7 heteroatoms. The topological polar surface area (TPSA) is 72.2 Å². The summed E-state index contributed by atoms with van der Waals surface area (Å²) in [5, 5.41) is 0.283. The summed E-state index contributed by atoms with van der Waals surface area (Å²) < 4.78 is 40.6. The molecule has 0 unspecified atom stereocenters. The summed E-state index contributed by atoms with van der Waals surface area (Å²) in [7, 11) is -3.90. The van der Waals surface area contributed by atoms with Crippen LogP contribution >= 0.6 is 11.6 Å². The number of halogens is 2. The molecule has 0 heterocycles. The number of sulfonamides is 1. The van der Waals surface area contributed by atoms with E-state index in [9.17, 15) is 12.8 Å². The van der Waals surface area contributed by atoms with Crippen LogP contribution in [-0.4, -0.2) is 8.42 Å². The second kappa shape index (κ2) is 5.54. The average Bonchev–Trinajstić information content (AvgIpc) is 2.40. The van der Waals surface area contributed by atoms with Crippen LogP contribution in [0.15, 0.2) is 35.2 Å². The lowest BCUT2D eigenvalue weighted by molar-refractivity contribution is 0.599. The predicted octanol–water partition coefficient (Wildman–Crippen LogP) is 3.48. The van der Waals surface area contributed by atoms with Gasteiger partial charge in [0, 0.05) is 0 Å². The van der Waals surface area contributed by atoms with E-state index in [-0.39, 0.29) is 21.2 Å². The van der Waals surface area contributed by atoms with Gasteiger partial charge in [-0.25, -0.2) is 12.8 Å². The average molecular weight is 329 g/mol. The largest absolute Gasteiger partial charge is 0.396 e. The minimum atomic E-state index is -3.90. The van der Waals surface area contributed by atoms with Crippen molar-refractivity contribution >= 4 is 33.0 Å². The van der Waals surface area contributed by atoms with Crippen LogP contribution in [0.4, 0.5) is 15.8 Å². The smallest absolute Gasteiger partial charge is 0.262 e. The van der Waals surface area contributed by atoms with Crippen LogP contribution in [0, 0.1) is 19.7 Å². The molecule has 2 aromatic rings. The first-order valence-corrected chi connectivity index (χ1v) is 7.92. The van der Waals surface area contributed by atoms with Crippen molar-refractivity contribution in [1.82, 2.24) is 0 Å². The minimum absolute atomic E-state index is 0.113. The number of para-hydroxylation sites is 1. The van der Waals surface area contributed by atoms with Crippen molar-refractivity contribution in [1.29, 1.82) is 0 Å². The van der Waals surface area contributed by atoms with Crippen LogP contribution in [0.5, 0.6) is 0 Å². The Labute approximate surface area is 127 Å². The van der Waals surface area contributed by atoms with Crippen molar-refractivity contribution in [2.24, 2.45) is 0 Å². The summed E-state index contributed by atoms with van der Waals surface area (Å²) in [4.78, 5) is -0.113. The molecule has 0 amide bonds. The van der Waals surface area contributed by atoms with Gasteiger partial charge in [-0.3, -0.25) is 4.72 Å². The maximum atomic E-state index is 13.5. The summed E-state index contributed by atoms with van der Waals surface area (Å²) in [5.41, 5.74) is 6.39. The fourth-order valence-corrected chi connectivity index (χ4v) is 3.47. The number of nitrogen functional groups attached to an aromatic ring is 1. The fraction of sp³-hybridized carbons (Fsp3) is 0.143. The fourth-order valence-electron chi connectivity index (χ4n) is 1.87. The van der Waals surface area contributed by atoms with E-state index in [0.717, 1.165) is 6.07 Å². The molecule has 0 saturated carbocycles. The predicted molar refractivity (Wildman–Crippen MR) is 82.5 cm³/mol. The van der Waals surface area contributed by atoms with Gasteiger partial charge in [0.05, 0.1) is 21.3 Å². The molecule has 0 aromatic heterocycles. The maximum absolute atomic E-state index is 13.5. The van der Waals surface area contributed by atoms with Gasteiger partial charge in [0.25, 0.3) is 10.0 Å². The van der Waals surface area contributed by atoms with Gasteiger partial charge in [0.1, 0.15) is 5.82 Å². The molecular weight excluding hydrogens is 315 g/mol. The van der Waals surface area contributed by atoms with E-state index >= 15 is 0 Å². The summed E-state index contributed by atoms with van der Waals surface area (Å²) >= 11 is 6.00. The van der Waals surface area contributed by atoms with Crippen LogP contribution in [0.2, 0.25) is 5.02 Å². The van der Waals surface area contributed by atoms with E-state index in [4.69, 9.17) is 17.3 Å². The molecule has 0 saturated heterocycles. The lowest BCUT2D eigenvalue weighted by Crippen LogP contribution is -2.15. The number of rotatable bonds is 3. The van der Waals surface area contributed by atoms with Gasteiger partial charge in [0.2, 0.25) is 0 Å². The minimum Gasteiger partial charge on any atom is -0.396 e. The molecule has 112 valence electrons. The normalized spacial score (nSPS) is 11.4. The molecule has 0 radical (unpaired) electrons. The zero-order chi connectivity index (χ0) is 15.8. The van der Waals surface area contributed by atoms with Gasteiger partial charge in [-0.15, -0.1) is 0 Å². The van der Waals surface area contributed by atoms with E-state index in [0.29, 0.717) is 11.3 Å². The Bertz CT molecular complexity index is 763. The third-order valence-electron chi connectivity index (χ3n) is 3.02. The van der Waals surface area contributed by atoms with E-state index in [1.54, 1.807) is 25.1 Å². The van der Waals surface area contributed by atoms with Gasteiger partial charge < -0.3 is 5.73 Å². The highest BCUT2D eigenvalue weighted by atomic mass is 35.5. The number of nitrogens with two attached hydrogens (primary N) is 1. The first-order valence-electron chi connectivity index (χ1n) is 6.06. The van der Waals surface area contributed by atoms with Crippen LogP contribution in [-0.2, 0) is 10.0 Å². The molecule has 0 atom stereocenters. The van der Waals surface area contributed by atoms with Gasteiger partial charge >= 0.3 is 0 Å². The standard InChI is InChI=1S/C14H14ClFN2O2S/c1-8-4-3-5-11(15)14(8)18-21(19,20)10-6-9(2)13(16)12(17)7-10/h3-7,18H,17H2,1-2H3. The van der Waals surface area contributed by atoms with Crippen LogP contribution in [0.3, 0.4) is 0 Å². The summed E-state index contributed by atoms with van der Waals surface area (Å²) in [6.07, 6.45) is 0. The van der Waals surface area contributed by atoms with Crippen molar-refractivity contribution < 1.29 is 12.8 Å². The molecule has 0 aliphatic heterocycles. The molecule has 4 nitrogen and oxygen atoms in total. The van der Waals surface area contributed by atoms with E-state index in [1.165, 1.54) is 13.0 Å². The van der Waals surface area contributed by atoms with Crippen molar-refractivity contribution in [3.63, 3.8) is 0 Å². The molecule has 2 aromatic carbocycles. The number of anilines is 2. The van der Waals surface area contributed by atoms with Crippen molar-refractivity contribution in [2.45, 2.75) is 18.7 Å². The maximum Gasteiger partial charge on any atom is 0.262 e. The zero-order valence-corrected chi connectivity index (χ0v) is 13.0. The first-order chi connectivity index (χ1) is 9.72. The SMILES string of the molecule is Cc1cc(S(=O)(=O)Nc2c(C)cccc2Cl)cc(N)c1F. The summed E-state index contributed by atoms with van der Waals surface area (Å²) in [6.45, 7) is 3.18. The van der Waals surface area contributed by atoms with Gasteiger partial charge in [-0.2, -0.15) is 0 Å². The first kappa shape index (κ1) is 15.6. The van der Waals surface area contributed by atoms with Crippen molar-refractivity contribution in [3.05, 3.63) is 52.3 Å². The lowest BCUT2D eigenvalue weighted by atomic mass is 10.2. The molecule has 0 bridgehead atoms. The lowest BCUT2D eigenvalue weighted by Gasteiger charge is -2.13. The summed E-state index contributed by atoms with van der Waals surface area (Å²) in [5.74, 6) is -0.622. The Balaban J connectivity index is 2.49. The second-order valence-corrected chi connectivity index (χ2v) is 6.77. The third-order valence-corrected chi connectivity index (χ3v) is 4.67. The molecular formula is C14H14ClFN2O2S. The molecule has 2 rings (SSSR count). The summed E-state index contributed by atoms with van der Waals surface area (Å²) in [6, 6.07) is 7.33. The Kier molecular flexibility index (Phi) is 4.11. The van der Waals surface area contributed by atoms with Gasteiger partial charge in [-0.05, 0) is 43.2 Å². The van der Waals surface area contributed by atoms with Crippen LogP contribution in [0.25, 0.3) is 0 Å². The Morgan fingerprint density at radius 2 is 1.86 bits per heavy atom. The third kappa shape index (κ3) is 3.11. The molecule has 0 aliphatic rings. The molecule has 3 N–H and O–H groups in total. The number of benzene rings is 2. The zero-order valence-electron chi connectivity index (χ0n) is 11.4. The molecule has 0 aliphatic carbocycles. The number of hydrogen-bond donors (Lipinski definition) is 2. The molecule has 0 spiro atoms. The highest BCUT2D eigenvalue weighted by Gasteiger charge is 2.19. The number of hydrogen-bond acceptors (Lipinski definition) is 3. The second-order valence-electron chi connectivity index (χ2n) is 4.68. The monoisotopic (exact) mass is 328 g/mol. The number of nitrogens with one attached hydrogen (secondary N) is 1. The van der Waals surface area contributed by atoms with Crippen molar-refractivity contribution in [2.75, 3.05) is 10.5 Å². The molecule has 21 heavy (non-hydrogen) atoms. The Morgan fingerprint density at radius 3 is 2.43 bits per heavy atom. The van der Waals surface area contributed by atoms with Gasteiger partial charge in [-0.1, -0.05) is 23.7 Å². The highest BCUT2D eigenvalue weighted by Crippen LogP contribution is 2.29. The Morgan fingerprint density at radius 1 is 1.19 bits per heavy atom. The van der Waals surface area contributed by atoms with E-state index < -0.39 is 15.8 Å². The molecule has 0 fully saturated rings. The highest BCUT2D eigenvalue weighted by molar-refractivity contribution is 7.92. The quantitative estimate of drug-likeness (QED) is 0.847. The van der Waals surface area contributed by atoms with Crippen LogP contribution < -0.4 is 10.5 Å². The van der Waals surface area contributed by atoms with Crippen LogP contribution in [0.1, 0.15) is 11.1 Å². The Hall–Kier alpha value is -1.79.